The van der Waals surface area contributed by atoms with Gasteiger partial charge in [0, 0.05) is 19.6 Å². The number of carbonyl (C=O) groups is 2. The first-order chi connectivity index (χ1) is 9.35. The van der Waals surface area contributed by atoms with Crippen LogP contribution in [0.25, 0.3) is 0 Å². The maximum absolute atomic E-state index is 12.2. The van der Waals surface area contributed by atoms with E-state index in [9.17, 15) is 18.0 Å². The predicted molar refractivity (Wildman–Crippen MR) is 74.7 cm³/mol. The molecule has 0 radical (unpaired) electrons. The van der Waals surface area contributed by atoms with E-state index >= 15 is 0 Å². The van der Waals surface area contributed by atoms with Gasteiger partial charge in [-0.15, -0.1) is 0 Å². The first-order valence-electron chi connectivity index (χ1n) is 7.10. The van der Waals surface area contributed by atoms with Crippen molar-refractivity contribution in [3.05, 3.63) is 0 Å². The summed E-state index contributed by atoms with van der Waals surface area (Å²) >= 11 is 0. The molecule has 0 spiro atoms. The van der Waals surface area contributed by atoms with Crippen molar-refractivity contribution >= 4 is 21.7 Å². The second-order valence-electron chi connectivity index (χ2n) is 5.75. The molecule has 0 aromatic carbocycles. The largest absolute Gasteiger partial charge is 0.356 e. The fourth-order valence-electron chi connectivity index (χ4n) is 2.66. The number of nitrogens with zero attached hydrogens (tertiary/aromatic N) is 1. The van der Waals surface area contributed by atoms with E-state index in [0.717, 1.165) is 6.42 Å². The maximum atomic E-state index is 12.2. The van der Waals surface area contributed by atoms with Crippen LogP contribution in [-0.4, -0.2) is 56.3 Å². The summed E-state index contributed by atoms with van der Waals surface area (Å²) in [6, 6.07) is -0.229. The number of nitrogens with one attached hydrogen (secondary N) is 1. The standard InChI is InChI=1S/C13H22N2O4S/c1-3-5-14-12(16)10-7-11(10)13(17)15(2)9-4-6-20(18,19)8-9/h9-11H,3-8H2,1-2H3,(H,14,16). The predicted octanol–water partition coefficient (Wildman–Crippen LogP) is -0.206. The number of carbonyl (C=O) groups excluding carboxylic acids is 2. The summed E-state index contributed by atoms with van der Waals surface area (Å²) in [5.74, 6) is -0.439. The van der Waals surface area contributed by atoms with Crippen LogP contribution in [0.1, 0.15) is 26.2 Å². The topological polar surface area (TPSA) is 83.6 Å². The van der Waals surface area contributed by atoms with Crippen LogP contribution in [0.4, 0.5) is 0 Å². The average Bonchev–Trinajstić information content (AvgIpc) is 3.12. The fourth-order valence-corrected chi connectivity index (χ4v) is 4.43. The summed E-state index contributed by atoms with van der Waals surface area (Å²) in [4.78, 5) is 25.5. The molecule has 1 saturated heterocycles. The van der Waals surface area contributed by atoms with Gasteiger partial charge in [0.2, 0.25) is 11.8 Å². The molecule has 1 aliphatic carbocycles. The minimum absolute atomic E-state index is 0.0503. The molecule has 0 bridgehead atoms. The van der Waals surface area contributed by atoms with E-state index in [1.54, 1.807) is 7.05 Å². The van der Waals surface area contributed by atoms with E-state index in [0.29, 0.717) is 19.4 Å². The highest BCUT2D eigenvalue weighted by molar-refractivity contribution is 7.91. The summed E-state index contributed by atoms with van der Waals surface area (Å²) < 4.78 is 22.9. The van der Waals surface area contributed by atoms with Crippen molar-refractivity contribution < 1.29 is 18.0 Å². The maximum Gasteiger partial charge on any atom is 0.226 e. The Hall–Kier alpha value is -1.11. The molecule has 2 amide bonds. The van der Waals surface area contributed by atoms with Crippen molar-refractivity contribution in [1.29, 1.82) is 0 Å². The lowest BCUT2D eigenvalue weighted by atomic mass is 10.2. The molecule has 0 aromatic rings. The van der Waals surface area contributed by atoms with Gasteiger partial charge in [-0.25, -0.2) is 8.42 Å². The smallest absolute Gasteiger partial charge is 0.226 e. The number of hydrogen-bond acceptors (Lipinski definition) is 4. The van der Waals surface area contributed by atoms with Gasteiger partial charge in [-0.2, -0.15) is 0 Å². The Kier molecular flexibility index (Phi) is 4.36. The average molecular weight is 302 g/mol. The molecular weight excluding hydrogens is 280 g/mol. The highest BCUT2D eigenvalue weighted by atomic mass is 32.2. The molecule has 1 saturated carbocycles. The van der Waals surface area contributed by atoms with Crippen molar-refractivity contribution in [2.45, 2.75) is 32.2 Å². The summed E-state index contributed by atoms with van der Waals surface area (Å²) in [6.07, 6.45) is 1.96. The van der Waals surface area contributed by atoms with Gasteiger partial charge in [0.05, 0.1) is 23.3 Å². The van der Waals surface area contributed by atoms with Gasteiger partial charge < -0.3 is 10.2 Å². The van der Waals surface area contributed by atoms with Gasteiger partial charge in [-0.05, 0) is 19.3 Å². The van der Waals surface area contributed by atoms with Crippen LogP contribution in [0.15, 0.2) is 0 Å². The van der Waals surface area contributed by atoms with Gasteiger partial charge >= 0.3 is 0 Å². The molecule has 3 unspecified atom stereocenters. The Morgan fingerprint density at radius 3 is 2.55 bits per heavy atom. The van der Waals surface area contributed by atoms with Crippen LogP contribution in [0.2, 0.25) is 0 Å². The van der Waals surface area contributed by atoms with Gasteiger partial charge in [-0.3, -0.25) is 9.59 Å². The van der Waals surface area contributed by atoms with E-state index in [-0.39, 0.29) is 41.2 Å². The lowest BCUT2D eigenvalue weighted by Gasteiger charge is -2.23. The van der Waals surface area contributed by atoms with Crippen LogP contribution in [-0.2, 0) is 19.4 Å². The van der Waals surface area contributed by atoms with E-state index < -0.39 is 9.84 Å². The van der Waals surface area contributed by atoms with E-state index in [2.05, 4.69) is 5.32 Å². The van der Waals surface area contributed by atoms with Gasteiger partial charge in [0.1, 0.15) is 0 Å². The van der Waals surface area contributed by atoms with Crippen molar-refractivity contribution in [2.24, 2.45) is 11.8 Å². The molecule has 3 atom stereocenters. The molecule has 1 N–H and O–H groups in total. The second kappa shape index (κ2) is 5.71. The molecule has 6 nitrogen and oxygen atoms in total. The fraction of sp³-hybridized carbons (Fsp3) is 0.846. The third-order valence-electron chi connectivity index (χ3n) is 4.10. The SMILES string of the molecule is CCCNC(=O)C1CC1C(=O)N(C)C1CCS(=O)(=O)C1. The summed E-state index contributed by atoms with van der Waals surface area (Å²) in [7, 11) is -1.35. The highest BCUT2D eigenvalue weighted by Gasteiger charge is 2.50. The van der Waals surface area contributed by atoms with Crippen LogP contribution < -0.4 is 5.32 Å². The van der Waals surface area contributed by atoms with Crippen molar-refractivity contribution in [1.82, 2.24) is 10.2 Å². The van der Waals surface area contributed by atoms with E-state index in [4.69, 9.17) is 0 Å². The van der Waals surface area contributed by atoms with Gasteiger partial charge in [0.25, 0.3) is 0 Å². The van der Waals surface area contributed by atoms with Crippen molar-refractivity contribution in [3.63, 3.8) is 0 Å². The molecule has 20 heavy (non-hydrogen) atoms. The molecule has 2 fully saturated rings. The molecule has 2 rings (SSSR count). The summed E-state index contributed by atoms with van der Waals surface area (Å²) in [5.41, 5.74) is 0. The molecular formula is C13H22N2O4S. The lowest BCUT2D eigenvalue weighted by Crippen LogP contribution is -2.39. The molecule has 0 aromatic heterocycles. The zero-order valence-electron chi connectivity index (χ0n) is 12.0. The quantitative estimate of drug-likeness (QED) is 0.762. The Bertz CT molecular complexity index is 503. The van der Waals surface area contributed by atoms with Crippen LogP contribution >= 0.6 is 0 Å². The molecule has 7 heteroatoms. The van der Waals surface area contributed by atoms with Crippen molar-refractivity contribution in [2.75, 3.05) is 25.1 Å². The minimum atomic E-state index is -2.99. The van der Waals surface area contributed by atoms with E-state index in [1.165, 1.54) is 4.90 Å². The second-order valence-corrected chi connectivity index (χ2v) is 7.97. The summed E-state index contributed by atoms with van der Waals surface area (Å²) in [5, 5.41) is 2.80. The Morgan fingerprint density at radius 1 is 1.30 bits per heavy atom. The van der Waals surface area contributed by atoms with Gasteiger partial charge in [0.15, 0.2) is 9.84 Å². The van der Waals surface area contributed by atoms with Crippen molar-refractivity contribution in [3.8, 4) is 0 Å². The highest BCUT2D eigenvalue weighted by Crippen LogP contribution is 2.40. The molecule has 1 aliphatic heterocycles. The Labute approximate surface area is 119 Å². The number of hydrogen-bond donors (Lipinski definition) is 1. The van der Waals surface area contributed by atoms with Gasteiger partial charge in [-0.1, -0.05) is 6.92 Å². The number of rotatable bonds is 5. The van der Waals surface area contributed by atoms with Crippen LogP contribution in [0.3, 0.4) is 0 Å². The Morgan fingerprint density at radius 2 is 2.00 bits per heavy atom. The molecule has 114 valence electrons. The Balaban J connectivity index is 1.86. The third kappa shape index (κ3) is 3.31. The molecule has 1 heterocycles. The van der Waals surface area contributed by atoms with Crippen LogP contribution in [0, 0.1) is 11.8 Å². The number of sulfone groups is 1. The summed E-state index contributed by atoms with van der Waals surface area (Å²) in [6.45, 7) is 2.61. The first kappa shape index (κ1) is 15.3. The third-order valence-corrected chi connectivity index (χ3v) is 5.85. The normalized spacial score (nSPS) is 30.8. The zero-order chi connectivity index (χ0) is 14.9. The zero-order valence-corrected chi connectivity index (χ0v) is 12.8. The lowest BCUT2D eigenvalue weighted by molar-refractivity contribution is -0.135. The van der Waals surface area contributed by atoms with Crippen LogP contribution in [0.5, 0.6) is 0 Å². The van der Waals surface area contributed by atoms with E-state index in [1.807, 2.05) is 6.92 Å². The monoisotopic (exact) mass is 302 g/mol. The first-order valence-corrected chi connectivity index (χ1v) is 8.92. The molecule has 2 aliphatic rings. The minimum Gasteiger partial charge on any atom is -0.356 e. The number of amides is 2.